The number of rotatable bonds is 4. The predicted octanol–water partition coefficient (Wildman–Crippen LogP) is 2.89. The van der Waals surface area contributed by atoms with Gasteiger partial charge < -0.3 is 38.3 Å². The molecule has 1 aliphatic carbocycles. The topological polar surface area (TPSA) is 102 Å². The van der Waals surface area contributed by atoms with Gasteiger partial charge in [0.1, 0.15) is 0 Å². The van der Waals surface area contributed by atoms with Crippen LogP contribution in [0, 0.1) is 11.8 Å². The summed E-state index contributed by atoms with van der Waals surface area (Å²) < 4.78 is 37.1. The van der Waals surface area contributed by atoms with E-state index in [0.29, 0.717) is 41.8 Å². The van der Waals surface area contributed by atoms with Crippen LogP contribution in [-0.4, -0.2) is 60.0 Å². The molecule has 0 radical (unpaired) electrons. The van der Waals surface area contributed by atoms with E-state index in [2.05, 4.69) is 4.74 Å². The number of methoxy groups -OCH3 is 4. The van der Waals surface area contributed by atoms with Gasteiger partial charge in [-0.05, 0) is 35.7 Å². The molecule has 3 aliphatic rings. The molecule has 0 amide bonds. The number of hydrogen-bond acceptors (Lipinski definition) is 9. The molecule has 0 bridgehead atoms. The van der Waals surface area contributed by atoms with E-state index in [0.717, 1.165) is 16.7 Å². The third-order valence-corrected chi connectivity index (χ3v) is 6.20. The van der Waals surface area contributed by atoms with E-state index in [9.17, 15) is 9.90 Å². The zero-order valence-corrected chi connectivity index (χ0v) is 19.3. The van der Waals surface area contributed by atoms with Crippen molar-refractivity contribution >= 4 is 5.97 Å². The molecule has 1 fully saturated rings. The molecule has 0 spiro atoms. The number of aromatic hydroxyl groups is 1. The minimum atomic E-state index is -0.389. The van der Waals surface area contributed by atoms with Crippen molar-refractivity contribution in [3.63, 3.8) is 0 Å². The van der Waals surface area contributed by atoms with Crippen molar-refractivity contribution in [3.05, 3.63) is 34.9 Å². The molecule has 0 saturated carbocycles. The van der Waals surface area contributed by atoms with Crippen molar-refractivity contribution in [2.75, 3.05) is 48.9 Å². The largest absolute Gasteiger partial charge is 0.504 e. The van der Waals surface area contributed by atoms with E-state index < -0.39 is 0 Å². The van der Waals surface area contributed by atoms with Crippen LogP contribution in [0.25, 0.3) is 0 Å². The summed E-state index contributed by atoms with van der Waals surface area (Å²) in [6, 6.07) is 5.53. The van der Waals surface area contributed by atoms with Gasteiger partial charge in [0.05, 0.1) is 33.9 Å². The number of ether oxygens (including phenoxy) is 7. The van der Waals surface area contributed by atoms with Crippen LogP contribution in [0.1, 0.15) is 22.6 Å². The first kappa shape index (κ1) is 22.8. The number of carbonyl (C=O) groups excluding carboxylic acids is 1. The van der Waals surface area contributed by atoms with Gasteiger partial charge in [-0.1, -0.05) is 0 Å². The second-order valence-electron chi connectivity index (χ2n) is 7.99. The number of carbonyl (C=O) groups is 1. The van der Waals surface area contributed by atoms with Crippen molar-refractivity contribution in [2.45, 2.75) is 12.3 Å². The average Bonchev–Trinajstić information content (AvgIpc) is 3.44. The lowest BCUT2D eigenvalue weighted by atomic mass is 9.67. The van der Waals surface area contributed by atoms with Gasteiger partial charge in [-0.15, -0.1) is 0 Å². The monoisotopic (exact) mass is 460 g/mol. The maximum Gasteiger partial charge on any atom is 0.310 e. The second-order valence-corrected chi connectivity index (χ2v) is 7.99. The molecule has 3 atom stereocenters. The van der Waals surface area contributed by atoms with Crippen molar-refractivity contribution in [1.29, 1.82) is 0 Å². The molecule has 2 aromatic rings. The minimum Gasteiger partial charge on any atom is -0.504 e. The summed E-state index contributed by atoms with van der Waals surface area (Å²) in [5.41, 5.74) is 2.36. The fourth-order valence-electron chi connectivity index (χ4n) is 4.87. The van der Waals surface area contributed by atoms with Crippen molar-refractivity contribution in [1.82, 2.24) is 0 Å². The predicted molar refractivity (Wildman–Crippen MR) is 117 cm³/mol. The third-order valence-electron chi connectivity index (χ3n) is 6.20. The lowest BCUT2D eigenvalue weighted by Gasteiger charge is -2.34. The molecule has 2 aromatic carbocycles. The Balaban J connectivity index is 0.000000821. The molecular weight excluding hydrogens is 432 g/mol. The summed E-state index contributed by atoms with van der Waals surface area (Å²) in [6.07, 6.45) is 0.523. The maximum atomic E-state index is 12.7. The Morgan fingerprint density at radius 1 is 0.939 bits per heavy atom. The molecule has 33 heavy (non-hydrogen) atoms. The lowest BCUT2D eigenvalue weighted by molar-refractivity contribution is -0.141. The highest BCUT2D eigenvalue weighted by Crippen LogP contribution is 2.55. The Kier molecular flexibility index (Phi) is 6.42. The van der Waals surface area contributed by atoms with Gasteiger partial charge in [-0.25, -0.2) is 0 Å². The van der Waals surface area contributed by atoms with Gasteiger partial charge >= 0.3 is 5.97 Å². The van der Waals surface area contributed by atoms with Gasteiger partial charge in [0.15, 0.2) is 23.0 Å². The van der Waals surface area contributed by atoms with Gasteiger partial charge in [0.2, 0.25) is 18.3 Å². The maximum absolute atomic E-state index is 12.7. The summed E-state index contributed by atoms with van der Waals surface area (Å²) in [6.45, 7) is 0.368. The molecule has 2 aliphatic heterocycles. The normalized spacial score (nSPS) is 21.8. The minimum absolute atomic E-state index is 0.0511. The highest BCUT2D eigenvalue weighted by atomic mass is 16.7. The van der Waals surface area contributed by atoms with Crippen LogP contribution < -0.4 is 23.7 Å². The van der Waals surface area contributed by atoms with Crippen LogP contribution in [0.5, 0.6) is 34.5 Å². The van der Waals surface area contributed by atoms with E-state index in [-0.39, 0.29) is 36.3 Å². The van der Waals surface area contributed by atoms with Crippen LogP contribution in [0.3, 0.4) is 0 Å². The summed E-state index contributed by atoms with van der Waals surface area (Å²) >= 11 is 0. The number of phenolic OH excluding ortho intramolecular Hbond substituents is 1. The van der Waals surface area contributed by atoms with Crippen molar-refractivity contribution in [3.8, 4) is 34.5 Å². The first-order valence-electron chi connectivity index (χ1n) is 10.5. The highest BCUT2D eigenvalue weighted by Gasteiger charge is 2.49. The first-order chi connectivity index (χ1) is 16.0. The number of hydrogen-bond donors (Lipinski definition) is 1. The Hall–Kier alpha value is -3.33. The quantitative estimate of drug-likeness (QED) is 0.690. The fraction of sp³-hybridized carbons (Fsp3) is 0.458. The number of cyclic esters (lactones) is 1. The van der Waals surface area contributed by atoms with Gasteiger partial charge in [0.25, 0.3) is 0 Å². The van der Waals surface area contributed by atoms with E-state index in [1.165, 1.54) is 0 Å². The van der Waals surface area contributed by atoms with Crippen molar-refractivity contribution in [2.24, 2.45) is 11.8 Å². The molecule has 1 saturated heterocycles. The first-order valence-corrected chi connectivity index (χ1v) is 10.5. The molecule has 9 nitrogen and oxygen atoms in total. The molecule has 178 valence electrons. The van der Waals surface area contributed by atoms with E-state index >= 15 is 0 Å². The Morgan fingerprint density at radius 3 is 2.21 bits per heavy atom. The van der Waals surface area contributed by atoms with Gasteiger partial charge in [-0.2, -0.15) is 0 Å². The molecule has 1 N–H and O–H groups in total. The van der Waals surface area contributed by atoms with Crippen LogP contribution >= 0.6 is 0 Å². The van der Waals surface area contributed by atoms with Gasteiger partial charge in [0, 0.05) is 31.6 Å². The van der Waals surface area contributed by atoms with Crippen LogP contribution in [-0.2, 0) is 20.7 Å². The molecule has 0 unspecified atom stereocenters. The van der Waals surface area contributed by atoms with Crippen LogP contribution in [0.4, 0.5) is 0 Å². The molecule has 2 heterocycles. The Morgan fingerprint density at radius 2 is 1.61 bits per heavy atom. The third kappa shape index (κ3) is 3.76. The highest BCUT2D eigenvalue weighted by molar-refractivity contribution is 5.79. The molecule has 5 rings (SSSR count). The summed E-state index contributed by atoms with van der Waals surface area (Å²) in [5.74, 6) is 1.27. The standard InChI is InChI=1S/C22H22O8.C2H6O/c1-25-14-5-10(6-15(26-2)20(14)27-3)17-12-7-16-21(30-9-29-16)19(23)13(12)4-11-8-28-22(24)18(11)17;1-3-2/h5-7,11,17-18,23H,4,8-9H2,1-3H3;1-2H3/t11-,17+,18-;/m0./s1. The summed E-state index contributed by atoms with van der Waals surface area (Å²) in [5, 5.41) is 10.9. The molecular formula is C24H28O9. The second kappa shape index (κ2) is 9.27. The van der Waals surface area contributed by atoms with E-state index in [1.807, 2.05) is 18.2 Å². The van der Waals surface area contributed by atoms with Crippen LogP contribution in [0.15, 0.2) is 18.2 Å². The fourth-order valence-corrected chi connectivity index (χ4v) is 4.87. The number of fused-ring (bicyclic) bond motifs is 3. The zero-order valence-electron chi connectivity index (χ0n) is 19.3. The number of phenols is 1. The van der Waals surface area contributed by atoms with Crippen LogP contribution in [0.2, 0.25) is 0 Å². The Bertz CT molecular complexity index is 1020. The van der Waals surface area contributed by atoms with E-state index in [1.54, 1.807) is 35.5 Å². The smallest absolute Gasteiger partial charge is 0.310 e. The number of esters is 1. The molecule has 0 aromatic heterocycles. The Labute approximate surface area is 192 Å². The van der Waals surface area contributed by atoms with Gasteiger partial charge in [-0.3, -0.25) is 4.79 Å². The lowest BCUT2D eigenvalue weighted by Crippen LogP contribution is -2.31. The zero-order chi connectivity index (χ0) is 23.7. The van der Waals surface area contributed by atoms with E-state index in [4.69, 9.17) is 28.4 Å². The average molecular weight is 460 g/mol. The summed E-state index contributed by atoms with van der Waals surface area (Å²) in [4.78, 5) is 12.7. The SMILES string of the molecule is COC.COc1cc([C@@H]2c3cc4c(c(O)c3C[C@H]3COC(=O)[C@@H]32)OCO4)cc(OC)c1OC. The molecule has 9 heteroatoms. The summed E-state index contributed by atoms with van der Waals surface area (Å²) in [7, 11) is 7.89. The number of benzene rings is 2. The van der Waals surface area contributed by atoms with Crippen molar-refractivity contribution < 1.29 is 43.1 Å².